The van der Waals surface area contributed by atoms with Crippen molar-refractivity contribution in [1.29, 1.82) is 5.53 Å². The number of terminal acetylenes is 1. The summed E-state index contributed by atoms with van der Waals surface area (Å²) in [4.78, 5) is 11.0. The predicted octanol–water partition coefficient (Wildman–Crippen LogP) is 6.04. The van der Waals surface area contributed by atoms with Crippen LogP contribution in [-0.2, 0) is 0 Å². The van der Waals surface area contributed by atoms with Crippen molar-refractivity contribution in [2.24, 2.45) is 0 Å². The van der Waals surface area contributed by atoms with Crippen LogP contribution in [0.4, 0.5) is 5.69 Å². The number of nitrogens with zero attached hydrogens (tertiary/aromatic N) is 4. The number of fused-ring (bicyclic) bond motifs is 1. The molecule has 1 heterocycles. The highest BCUT2D eigenvalue weighted by molar-refractivity contribution is 5.78. The molecule has 2 aromatic rings. The predicted molar refractivity (Wildman–Crippen MR) is 143 cm³/mol. The fraction of sp³-hybridized carbons (Fsp3) is 0.231. The first kappa shape index (κ1) is 27.0. The molecule has 3 N–H and O–H groups in total. The van der Waals surface area contributed by atoms with Crippen LogP contribution in [0.5, 0.6) is 0 Å². The maximum Gasteiger partial charge on any atom is 0.0910 e. The standard InChI is InChI=1S/C13H17N3.C13H4.HN3.6H2/c1-4-8(2)13-9(3)15-11-6-5-10(14)7-12(11)16-13;1-3-5-7-9-11-13-12-10-8-6-4-2;1-3-2;;;;;;/h5-8H,4,14H2,1-3H3;1H,2H3;1H;6*1H. The highest BCUT2D eigenvalue weighted by Crippen LogP contribution is 2.22. The van der Waals surface area contributed by atoms with Gasteiger partial charge in [-0.2, -0.15) is 0 Å². The fourth-order valence-electron chi connectivity index (χ4n) is 2.15. The Morgan fingerprint density at radius 1 is 1.06 bits per heavy atom. The number of hydrogen-bond acceptors (Lipinski definition) is 4. The molecule has 1 unspecified atom stereocenters. The number of benzene rings is 1. The molecule has 0 amide bonds. The number of nitrogens with two attached hydrogens (primary N) is 1. The van der Waals surface area contributed by atoms with Crippen molar-refractivity contribution >= 4 is 16.7 Å². The van der Waals surface area contributed by atoms with E-state index < -0.39 is 0 Å². The van der Waals surface area contributed by atoms with Crippen LogP contribution >= 0.6 is 0 Å². The molecule has 0 spiro atoms. The SMILES string of the molecule is C#CC#CC#CC#CC#CC#CC.CCC(C)c1nc2cc(N)ccc2nc1C.[HH].[HH].[HH].[HH].[HH].[HH].[N-]=[N+]=N. The number of hydrogen-bond donors (Lipinski definition) is 2. The van der Waals surface area contributed by atoms with Gasteiger partial charge in [-0.3, -0.25) is 0 Å². The molecule has 1 aromatic heterocycles. The van der Waals surface area contributed by atoms with Crippen molar-refractivity contribution in [3.05, 3.63) is 40.0 Å². The lowest BCUT2D eigenvalue weighted by molar-refractivity contribution is 0.700. The van der Waals surface area contributed by atoms with E-state index in [2.05, 4.69) is 88.9 Å². The summed E-state index contributed by atoms with van der Waals surface area (Å²) in [5.74, 6) is 27.4. The van der Waals surface area contributed by atoms with Crippen LogP contribution in [0.25, 0.3) is 21.5 Å². The average molecular weight is 431 g/mol. The minimum Gasteiger partial charge on any atom is -0.399 e. The quantitative estimate of drug-likeness (QED) is 0.199. The van der Waals surface area contributed by atoms with Gasteiger partial charge in [-0.25, -0.2) is 9.97 Å². The minimum absolute atomic E-state index is 0. The van der Waals surface area contributed by atoms with Crippen molar-refractivity contribution in [1.82, 2.24) is 9.97 Å². The van der Waals surface area contributed by atoms with Crippen molar-refractivity contribution in [2.45, 2.75) is 40.0 Å². The number of aryl methyl sites for hydroxylation is 1. The lowest BCUT2D eigenvalue weighted by Crippen LogP contribution is -2.02. The summed E-state index contributed by atoms with van der Waals surface area (Å²) in [6.07, 6.45) is 5.93. The van der Waals surface area contributed by atoms with Crippen LogP contribution < -0.4 is 5.73 Å². The Morgan fingerprint density at radius 2 is 1.59 bits per heavy atom. The third-order valence-corrected chi connectivity index (χ3v) is 3.68. The Kier molecular flexibility index (Phi) is 14.3. The molecule has 0 aliphatic heterocycles. The zero-order valence-corrected chi connectivity index (χ0v) is 18.5. The third-order valence-electron chi connectivity index (χ3n) is 3.68. The Labute approximate surface area is 198 Å². The van der Waals surface area contributed by atoms with Gasteiger partial charge in [-0.1, -0.05) is 19.8 Å². The molecule has 1 atom stereocenters. The van der Waals surface area contributed by atoms with E-state index in [1.165, 1.54) is 0 Å². The van der Waals surface area contributed by atoms with Crippen molar-refractivity contribution in [3.8, 4) is 71.5 Å². The lowest BCUT2D eigenvalue weighted by Gasteiger charge is -2.11. The molecule has 0 aliphatic carbocycles. The molecule has 0 aliphatic rings. The Morgan fingerprint density at radius 3 is 2.09 bits per heavy atom. The largest absolute Gasteiger partial charge is 0.399 e. The van der Waals surface area contributed by atoms with E-state index in [0.29, 0.717) is 5.92 Å². The second-order valence-corrected chi connectivity index (χ2v) is 5.87. The second-order valence-electron chi connectivity index (χ2n) is 5.87. The first-order chi connectivity index (χ1) is 15.4. The monoisotopic (exact) mass is 430 g/mol. The number of anilines is 1. The van der Waals surface area contributed by atoms with E-state index in [0.717, 1.165) is 34.5 Å². The summed E-state index contributed by atoms with van der Waals surface area (Å²) in [7, 11) is 0. The molecule has 0 radical (unpaired) electrons. The topological polar surface area (TPSA) is 112 Å². The van der Waals surface area contributed by atoms with Gasteiger partial charge in [0.25, 0.3) is 0 Å². The Balaban J connectivity index is -0.0000000812. The van der Waals surface area contributed by atoms with Crippen molar-refractivity contribution < 1.29 is 8.56 Å². The molecule has 0 saturated heterocycles. The smallest absolute Gasteiger partial charge is 0.0910 e. The maximum atomic E-state index is 6.86. The minimum atomic E-state index is 0. The van der Waals surface area contributed by atoms with Gasteiger partial charge >= 0.3 is 0 Å². The van der Waals surface area contributed by atoms with E-state index in [9.17, 15) is 0 Å². The molecule has 6 nitrogen and oxygen atoms in total. The molecule has 0 bridgehead atoms. The van der Waals surface area contributed by atoms with Gasteiger partial charge in [0.1, 0.15) is 0 Å². The van der Waals surface area contributed by atoms with E-state index >= 15 is 0 Å². The highest BCUT2D eigenvalue weighted by Gasteiger charge is 2.10. The van der Waals surface area contributed by atoms with Gasteiger partial charge in [0, 0.05) is 14.2 Å². The summed E-state index contributed by atoms with van der Waals surface area (Å²) in [5, 5.41) is 0. The lowest BCUT2D eigenvalue weighted by atomic mass is 10.0. The van der Waals surface area contributed by atoms with Gasteiger partial charge in [-0.15, -0.1) is 12.0 Å². The molecular weight excluding hydrogens is 396 g/mol. The molecule has 0 fully saturated rings. The normalized spacial score (nSPS) is 8.22. The van der Waals surface area contributed by atoms with Gasteiger partial charge < -0.3 is 5.73 Å². The van der Waals surface area contributed by atoms with Crippen molar-refractivity contribution in [2.75, 3.05) is 5.73 Å². The molecule has 0 saturated carbocycles. The van der Waals surface area contributed by atoms with Gasteiger partial charge in [-0.05, 0) is 114 Å². The first-order valence-electron chi connectivity index (χ1n) is 9.36. The van der Waals surface area contributed by atoms with Crippen LogP contribution in [0, 0.1) is 84.0 Å². The summed E-state index contributed by atoms with van der Waals surface area (Å²) in [5.41, 5.74) is 22.6. The van der Waals surface area contributed by atoms with Crippen LogP contribution in [0.2, 0.25) is 0 Å². The molecule has 2 rings (SSSR count). The van der Waals surface area contributed by atoms with Crippen molar-refractivity contribution in [3.63, 3.8) is 0 Å². The Hall–Kier alpha value is -4.97. The molecule has 6 heteroatoms. The van der Waals surface area contributed by atoms with E-state index in [-0.39, 0.29) is 8.56 Å². The van der Waals surface area contributed by atoms with Gasteiger partial charge in [0.2, 0.25) is 0 Å². The van der Waals surface area contributed by atoms with Crippen LogP contribution in [0.3, 0.4) is 0 Å². The third kappa shape index (κ3) is 11.1. The first-order valence-corrected chi connectivity index (χ1v) is 9.36. The molecule has 32 heavy (non-hydrogen) atoms. The Bertz CT molecular complexity index is 1340. The summed E-state index contributed by atoms with van der Waals surface area (Å²) < 4.78 is 0. The summed E-state index contributed by atoms with van der Waals surface area (Å²) in [6.45, 7) is 8.06. The maximum absolute atomic E-state index is 6.86. The fourth-order valence-corrected chi connectivity index (χ4v) is 2.15. The summed E-state index contributed by atoms with van der Waals surface area (Å²) in [6, 6.07) is 5.66. The molecular formula is C26H34N6. The molecule has 168 valence electrons. The van der Waals surface area contributed by atoms with E-state index in [4.69, 9.17) is 23.2 Å². The van der Waals surface area contributed by atoms with E-state index in [1.54, 1.807) is 11.8 Å². The number of rotatable bonds is 2. The number of nitrogens with one attached hydrogen (secondary N) is 1. The van der Waals surface area contributed by atoms with Gasteiger partial charge in [0.05, 0.1) is 22.4 Å². The van der Waals surface area contributed by atoms with Crippen LogP contribution in [-0.4, -0.2) is 9.97 Å². The molecule has 1 aromatic carbocycles. The zero-order valence-electron chi connectivity index (χ0n) is 18.5. The van der Waals surface area contributed by atoms with E-state index in [1.807, 2.05) is 25.1 Å². The summed E-state index contributed by atoms with van der Waals surface area (Å²) >= 11 is 0. The number of aromatic nitrogens is 2. The second kappa shape index (κ2) is 16.9. The average Bonchev–Trinajstić information content (AvgIpc) is 2.78. The van der Waals surface area contributed by atoms with Crippen LogP contribution in [0.1, 0.15) is 53.1 Å². The van der Waals surface area contributed by atoms with Crippen LogP contribution in [0.15, 0.2) is 18.2 Å². The highest BCUT2D eigenvalue weighted by atomic mass is 15.0. The van der Waals surface area contributed by atoms with Gasteiger partial charge in [0.15, 0.2) is 0 Å². The number of nitrogen functional groups attached to an aromatic ring is 1. The zero-order chi connectivity index (χ0) is 24.2.